The molecule has 0 radical (unpaired) electrons. The molecule has 5 aromatic rings. The normalized spacial score (nSPS) is 15.6. The molecule has 2 atom stereocenters. The smallest absolute Gasteiger partial charge is 0.326 e. The van der Waals surface area contributed by atoms with Crippen LogP contribution < -0.4 is 30.7 Å². The third kappa shape index (κ3) is 9.51. The maximum atomic E-state index is 12.5. The largest absolute Gasteiger partial charge is 0.488 e. The number of aliphatic hydroxyl groups is 1. The lowest BCUT2D eigenvalue weighted by Crippen LogP contribution is -2.52. The number of rotatable bonds is 15. The van der Waals surface area contributed by atoms with Gasteiger partial charge < -0.3 is 35.6 Å². The SMILES string of the molecule is Cc1c(COc2cc(OCc3cncc(C#N)c3)c(CN[C@@](C)(CO)C(=O)O)cc2Cl)cccc1-c1cccc(-c2ccc3c(c2)CNCC3NC(=O)NC2CC2)c1C. The van der Waals surface area contributed by atoms with Crippen molar-refractivity contribution < 1.29 is 29.3 Å². The van der Waals surface area contributed by atoms with E-state index in [9.17, 15) is 25.1 Å². The molecule has 1 aliphatic carbocycles. The molecule has 12 nitrogen and oxygen atoms in total. The quantitative estimate of drug-likeness (QED) is 0.0631. The number of carboxylic acids is 1. The number of aliphatic hydroxyl groups excluding tert-OH is 1. The van der Waals surface area contributed by atoms with E-state index in [0.717, 1.165) is 69.5 Å². The van der Waals surface area contributed by atoms with Gasteiger partial charge in [-0.3, -0.25) is 15.1 Å². The molecule has 7 rings (SSSR count). The predicted octanol–water partition coefficient (Wildman–Crippen LogP) is 7.25. The molecule has 0 spiro atoms. The number of nitrogens with zero attached hydrogens (tertiary/aromatic N) is 2. The number of nitrogens with one attached hydrogen (secondary N) is 4. The topological polar surface area (TPSA) is 178 Å². The maximum Gasteiger partial charge on any atom is 0.326 e. The van der Waals surface area contributed by atoms with Crippen molar-refractivity contribution in [1.82, 2.24) is 26.3 Å². The van der Waals surface area contributed by atoms with Crippen molar-refractivity contribution in [2.24, 2.45) is 0 Å². The summed E-state index contributed by atoms with van der Waals surface area (Å²) in [6, 6.07) is 26.1. The number of amides is 2. The van der Waals surface area contributed by atoms with Gasteiger partial charge >= 0.3 is 12.0 Å². The van der Waals surface area contributed by atoms with Gasteiger partial charge in [-0.25, -0.2) is 4.79 Å². The molecule has 6 N–H and O–H groups in total. The molecule has 1 fully saturated rings. The monoisotopic (exact) mass is 814 g/mol. The number of aromatic nitrogens is 1. The van der Waals surface area contributed by atoms with E-state index >= 15 is 0 Å². The van der Waals surface area contributed by atoms with E-state index in [2.05, 4.69) is 88.6 Å². The lowest BCUT2D eigenvalue weighted by molar-refractivity contribution is -0.145. The number of carbonyl (C=O) groups is 2. The van der Waals surface area contributed by atoms with Crippen LogP contribution in [0.5, 0.6) is 11.5 Å². The van der Waals surface area contributed by atoms with Gasteiger partial charge in [0.2, 0.25) is 0 Å². The van der Waals surface area contributed by atoms with Crippen molar-refractivity contribution in [3.8, 4) is 39.8 Å². The van der Waals surface area contributed by atoms with Gasteiger partial charge in [-0.05, 0) is 102 Å². The Morgan fingerprint density at radius 3 is 2.42 bits per heavy atom. The van der Waals surface area contributed by atoms with Crippen molar-refractivity contribution >= 4 is 23.6 Å². The zero-order valence-corrected chi connectivity index (χ0v) is 34.0. The lowest BCUT2D eigenvalue weighted by atomic mass is 9.87. The molecule has 0 bridgehead atoms. The van der Waals surface area contributed by atoms with E-state index in [4.69, 9.17) is 21.1 Å². The third-order valence-electron chi connectivity index (χ3n) is 11.1. The molecule has 2 amide bonds. The fourth-order valence-corrected chi connectivity index (χ4v) is 7.47. The van der Waals surface area contributed by atoms with Gasteiger partial charge in [0.15, 0.2) is 0 Å². The van der Waals surface area contributed by atoms with Crippen LogP contribution in [0.3, 0.4) is 0 Å². The van der Waals surface area contributed by atoms with E-state index in [1.165, 1.54) is 13.1 Å². The number of urea groups is 1. The van der Waals surface area contributed by atoms with Crippen LogP contribution in [0.25, 0.3) is 22.3 Å². The van der Waals surface area contributed by atoms with Crippen LogP contribution in [0.4, 0.5) is 4.79 Å². The van der Waals surface area contributed by atoms with Crippen LogP contribution in [-0.2, 0) is 31.1 Å². The molecule has 59 heavy (non-hydrogen) atoms. The van der Waals surface area contributed by atoms with Crippen molar-refractivity contribution in [2.45, 2.75) is 77.5 Å². The highest BCUT2D eigenvalue weighted by molar-refractivity contribution is 6.32. The van der Waals surface area contributed by atoms with Crippen LogP contribution in [0.2, 0.25) is 5.02 Å². The summed E-state index contributed by atoms with van der Waals surface area (Å²) in [6.45, 7) is 6.68. The summed E-state index contributed by atoms with van der Waals surface area (Å²) in [7, 11) is 0. The molecule has 13 heteroatoms. The predicted molar refractivity (Wildman–Crippen MR) is 225 cm³/mol. The summed E-state index contributed by atoms with van der Waals surface area (Å²) < 4.78 is 12.6. The second-order valence-corrected chi connectivity index (χ2v) is 15.8. The van der Waals surface area contributed by atoms with E-state index in [1.54, 1.807) is 24.4 Å². The first-order valence-corrected chi connectivity index (χ1v) is 19.9. The number of carbonyl (C=O) groups excluding carboxylic acids is 1. The molecule has 304 valence electrons. The Balaban J connectivity index is 1.11. The number of hydrogen-bond acceptors (Lipinski definition) is 9. The highest BCUT2D eigenvalue weighted by Gasteiger charge is 2.32. The summed E-state index contributed by atoms with van der Waals surface area (Å²) in [4.78, 5) is 28.5. The van der Waals surface area contributed by atoms with Crippen LogP contribution in [0, 0.1) is 25.2 Å². The first-order valence-electron chi connectivity index (χ1n) is 19.6. The van der Waals surface area contributed by atoms with Gasteiger partial charge in [0.05, 0.1) is 23.2 Å². The summed E-state index contributed by atoms with van der Waals surface area (Å²) in [5.41, 5.74) is 9.85. The van der Waals surface area contributed by atoms with Crippen molar-refractivity contribution in [3.05, 3.63) is 135 Å². The minimum absolute atomic E-state index is 0.0217. The van der Waals surface area contributed by atoms with Crippen LogP contribution >= 0.6 is 11.6 Å². The van der Waals surface area contributed by atoms with Crippen molar-refractivity contribution in [1.29, 1.82) is 5.26 Å². The average Bonchev–Trinajstić information content (AvgIpc) is 4.06. The minimum Gasteiger partial charge on any atom is -0.488 e. The van der Waals surface area contributed by atoms with Gasteiger partial charge in [-0.15, -0.1) is 0 Å². The average molecular weight is 815 g/mol. The summed E-state index contributed by atoms with van der Waals surface area (Å²) in [6.07, 6.45) is 5.15. The fraction of sp³-hybridized carbons (Fsp3) is 0.304. The van der Waals surface area contributed by atoms with E-state index in [0.29, 0.717) is 45.8 Å². The summed E-state index contributed by atoms with van der Waals surface area (Å²) in [5, 5.41) is 41.6. The van der Waals surface area contributed by atoms with Crippen LogP contribution in [0.1, 0.15) is 70.3 Å². The zero-order valence-electron chi connectivity index (χ0n) is 33.2. The minimum atomic E-state index is -1.60. The molecular weight excluding hydrogens is 768 g/mol. The maximum absolute atomic E-state index is 12.5. The number of carboxylic acid groups (broad SMARTS) is 1. The van der Waals surface area contributed by atoms with Crippen molar-refractivity contribution in [2.75, 3.05) is 13.2 Å². The van der Waals surface area contributed by atoms with E-state index < -0.39 is 18.1 Å². The Morgan fingerprint density at radius 2 is 1.68 bits per heavy atom. The molecule has 2 aliphatic rings. The molecule has 1 saturated carbocycles. The highest BCUT2D eigenvalue weighted by atomic mass is 35.5. The molecule has 2 heterocycles. The third-order valence-corrected chi connectivity index (χ3v) is 11.4. The molecule has 0 saturated heterocycles. The van der Waals surface area contributed by atoms with Gasteiger partial charge in [-0.1, -0.05) is 60.1 Å². The van der Waals surface area contributed by atoms with Gasteiger partial charge in [0.25, 0.3) is 0 Å². The number of fused-ring (bicyclic) bond motifs is 1. The standard InChI is InChI=1S/C46H47ClN6O6/c1-27-32(25-59-43-17-42(58-24-30-14-29(18-48)19-49-20-30)34(16-40(43)47)22-51-46(3,26-54)44(55)56)6-4-8-37(27)38-9-5-7-36(28(38)2)31-10-13-39-33(15-31)21-50-23-41(39)53-45(57)52-35-11-12-35/h4-10,13-17,19-20,35,41,50-51,54H,11-12,21-26H2,1-3H3,(H,55,56)(H2,52,53,57)/t41?,46-/m0/s1. The first-order chi connectivity index (χ1) is 28.5. The molecule has 1 aromatic heterocycles. The van der Waals surface area contributed by atoms with Gasteiger partial charge in [0, 0.05) is 55.3 Å². The molecule has 1 aliphatic heterocycles. The van der Waals surface area contributed by atoms with Crippen LogP contribution in [0.15, 0.2) is 85.2 Å². The number of nitriles is 1. The first kappa shape index (κ1) is 41.2. The lowest BCUT2D eigenvalue weighted by Gasteiger charge is -2.28. The fourth-order valence-electron chi connectivity index (χ4n) is 7.23. The molecule has 4 aromatic carbocycles. The van der Waals surface area contributed by atoms with E-state index in [1.807, 2.05) is 12.1 Å². The number of halogens is 1. The Morgan fingerprint density at radius 1 is 0.932 bits per heavy atom. The molecular formula is C46H47ClN6O6. The number of benzene rings is 4. The number of aliphatic carboxylic acids is 1. The zero-order chi connectivity index (χ0) is 41.7. The Labute approximate surface area is 348 Å². The second-order valence-electron chi connectivity index (χ2n) is 15.4. The van der Waals surface area contributed by atoms with Crippen molar-refractivity contribution in [3.63, 3.8) is 0 Å². The second kappa shape index (κ2) is 17.9. The summed E-state index contributed by atoms with van der Waals surface area (Å²) in [5.74, 6) is -0.461. The van der Waals surface area contributed by atoms with Crippen LogP contribution in [-0.4, -0.2) is 51.9 Å². The molecule has 1 unspecified atom stereocenters. The summed E-state index contributed by atoms with van der Waals surface area (Å²) >= 11 is 6.78. The Hall–Kier alpha value is -5.97. The Kier molecular flexibility index (Phi) is 12.5. The number of hydrogen-bond donors (Lipinski definition) is 6. The highest BCUT2D eigenvalue weighted by Crippen LogP contribution is 2.38. The van der Waals surface area contributed by atoms with Gasteiger partial charge in [0.1, 0.15) is 36.3 Å². The van der Waals surface area contributed by atoms with Gasteiger partial charge in [-0.2, -0.15) is 5.26 Å². The van der Waals surface area contributed by atoms with E-state index in [-0.39, 0.29) is 31.8 Å². The number of pyridine rings is 1. The Bertz CT molecular complexity index is 2430. The number of ether oxygens (including phenoxy) is 2.